The molecular formula is C11H16ClNO4S2. The van der Waals surface area contributed by atoms with Crippen molar-refractivity contribution in [1.82, 2.24) is 4.31 Å². The van der Waals surface area contributed by atoms with Crippen LogP contribution in [0.25, 0.3) is 0 Å². The van der Waals surface area contributed by atoms with Crippen LogP contribution in [0.1, 0.15) is 12.8 Å². The molecule has 1 aliphatic rings. The van der Waals surface area contributed by atoms with Crippen molar-refractivity contribution in [3.8, 4) is 0 Å². The number of aliphatic hydroxyl groups excluding tert-OH is 1. The van der Waals surface area contributed by atoms with Gasteiger partial charge in [-0.15, -0.1) is 11.3 Å². The summed E-state index contributed by atoms with van der Waals surface area (Å²) in [7, 11) is -3.42. The van der Waals surface area contributed by atoms with Crippen molar-refractivity contribution in [3.05, 3.63) is 16.5 Å². The van der Waals surface area contributed by atoms with Crippen LogP contribution in [0.4, 0.5) is 0 Å². The first-order valence-corrected chi connectivity index (χ1v) is 8.65. The fourth-order valence-electron chi connectivity index (χ4n) is 2.02. The lowest BCUT2D eigenvalue weighted by Crippen LogP contribution is -2.40. The standard InChI is InChI=1S/C11H16ClNO4S2/c12-10-1-2-11(18-10)19(15,16)13-5-3-9(4-6-13)17-8-7-14/h1-2,9,14H,3-8H2. The van der Waals surface area contributed by atoms with Gasteiger partial charge in [-0.25, -0.2) is 8.42 Å². The molecule has 1 aromatic rings. The molecule has 0 unspecified atom stereocenters. The van der Waals surface area contributed by atoms with Crippen LogP contribution >= 0.6 is 22.9 Å². The maximum absolute atomic E-state index is 12.3. The smallest absolute Gasteiger partial charge is 0.252 e. The van der Waals surface area contributed by atoms with E-state index in [2.05, 4.69) is 0 Å². The van der Waals surface area contributed by atoms with E-state index in [1.807, 2.05) is 0 Å². The van der Waals surface area contributed by atoms with Gasteiger partial charge in [-0.3, -0.25) is 0 Å². The van der Waals surface area contributed by atoms with Crippen molar-refractivity contribution in [1.29, 1.82) is 0 Å². The summed E-state index contributed by atoms with van der Waals surface area (Å²) in [6, 6.07) is 3.13. The minimum Gasteiger partial charge on any atom is -0.394 e. The van der Waals surface area contributed by atoms with Gasteiger partial charge in [0.05, 0.1) is 23.7 Å². The Hall–Kier alpha value is -0.180. The van der Waals surface area contributed by atoms with E-state index in [1.54, 1.807) is 6.07 Å². The van der Waals surface area contributed by atoms with Crippen molar-refractivity contribution in [3.63, 3.8) is 0 Å². The third-order valence-electron chi connectivity index (χ3n) is 2.99. The van der Waals surface area contributed by atoms with Gasteiger partial charge in [0.15, 0.2) is 0 Å². The van der Waals surface area contributed by atoms with Gasteiger partial charge in [0, 0.05) is 13.1 Å². The van der Waals surface area contributed by atoms with Crippen molar-refractivity contribution < 1.29 is 18.3 Å². The highest BCUT2D eigenvalue weighted by atomic mass is 35.5. The number of ether oxygens (including phenoxy) is 1. The number of hydrogen-bond acceptors (Lipinski definition) is 5. The van der Waals surface area contributed by atoms with Crippen LogP contribution in [0.3, 0.4) is 0 Å². The zero-order valence-corrected chi connectivity index (χ0v) is 12.7. The average molecular weight is 326 g/mol. The van der Waals surface area contributed by atoms with Crippen LogP contribution in [0.2, 0.25) is 4.34 Å². The summed E-state index contributed by atoms with van der Waals surface area (Å²) in [5.41, 5.74) is 0. The molecule has 0 atom stereocenters. The Bertz CT molecular complexity index is 509. The lowest BCUT2D eigenvalue weighted by Gasteiger charge is -2.30. The van der Waals surface area contributed by atoms with E-state index < -0.39 is 10.0 Å². The molecule has 1 fully saturated rings. The van der Waals surface area contributed by atoms with E-state index in [-0.39, 0.29) is 16.9 Å². The molecule has 0 aromatic carbocycles. The summed E-state index contributed by atoms with van der Waals surface area (Å²) in [4.78, 5) is 0. The Kier molecular flexibility index (Phi) is 5.22. The highest BCUT2D eigenvalue weighted by Gasteiger charge is 2.30. The number of nitrogens with zero attached hydrogens (tertiary/aromatic N) is 1. The molecule has 0 spiro atoms. The van der Waals surface area contributed by atoms with Gasteiger partial charge in [0.2, 0.25) is 0 Å². The largest absolute Gasteiger partial charge is 0.394 e. The van der Waals surface area contributed by atoms with E-state index in [9.17, 15) is 8.42 Å². The third kappa shape index (κ3) is 3.68. The van der Waals surface area contributed by atoms with Gasteiger partial charge in [-0.1, -0.05) is 11.6 Å². The van der Waals surface area contributed by atoms with E-state index in [1.165, 1.54) is 10.4 Å². The molecule has 1 saturated heterocycles. The summed E-state index contributed by atoms with van der Waals surface area (Å²) >= 11 is 6.85. The molecule has 108 valence electrons. The normalized spacial score (nSPS) is 18.8. The van der Waals surface area contributed by atoms with Crippen LogP contribution in [-0.2, 0) is 14.8 Å². The Morgan fingerprint density at radius 2 is 2.11 bits per heavy atom. The van der Waals surface area contributed by atoms with Crippen molar-refractivity contribution in [2.45, 2.75) is 23.2 Å². The quantitative estimate of drug-likeness (QED) is 0.892. The van der Waals surface area contributed by atoms with Gasteiger partial charge in [0.25, 0.3) is 10.0 Å². The van der Waals surface area contributed by atoms with Crippen LogP contribution in [0.5, 0.6) is 0 Å². The number of piperidine rings is 1. The van der Waals surface area contributed by atoms with Gasteiger partial charge in [0.1, 0.15) is 4.21 Å². The van der Waals surface area contributed by atoms with Crippen LogP contribution in [0, 0.1) is 0 Å². The molecule has 1 aliphatic heterocycles. The molecule has 5 nitrogen and oxygen atoms in total. The molecule has 2 rings (SSSR count). The number of rotatable bonds is 5. The minimum atomic E-state index is -3.42. The topological polar surface area (TPSA) is 66.8 Å². The molecule has 0 aliphatic carbocycles. The summed E-state index contributed by atoms with van der Waals surface area (Å²) < 4.78 is 32.3. The van der Waals surface area contributed by atoms with Gasteiger partial charge in [-0.05, 0) is 25.0 Å². The van der Waals surface area contributed by atoms with Gasteiger partial charge >= 0.3 is 0 Å². The van der Waals surface area contributed by atoms with E-state index in [0.29, 0.717) is 36.9 Å². The minimum absolute atomic E-state index is 0.00773. The molecule has 2 heterocycles. The molecule has 0 amide bonds. The van der Waals surface area contributed by atoms with E-state index in [0.717, 1.165) is 11.3 Å². The summed E-state index contributed by atoms with van der Waals surface area (Å²) in [6.07, 6.45) is 1.34. The lowest BCUT2D eigenvalue weighted by molar-refractivity contribution is 0.00320. The van der Waals surface area contributed by atoms with E-state index >= 15 is 0 Å². The molecule has 1 N–H and O–H groups in total. The second kappa shape index (κ2) is 6.51. The second-order valence-corrected chi connectivity index (χ2v) is 8.14. The maximum Gasteiger partial charge on any atom is 0.252 e. The SMILES string of the molecule is O=S(=O)(c1ccc(Cl)s1)N1CCC(OCCO)CC1. The predicted octanol–water partition coefficient (Wildman–Crippen LogP) is 1.56. The zero-order valence-electron chi connectivity index (χ0n) is 10.3. The Labute approximate surface area is 121 Å². The maximum atomic E-state index is 12.3. The molecular weight excluding hydrogens is 310 g/mol. The molecule has 19 heavy (non-hydrogen) atoms. The zero-order chi connectivity index (χ0) is 13.9. The highest BCUT2D eigenvalue weighted by Crippen LogP contribution is 2.29. The number of hydrogen-bond donors (Lipinski definition) is 1. The van der Waals surface area contributed by atoms with Crippen LogP contribution < -0.4 is 0 Å². The molecule has 1 aromatic heterocycles. The Morgan fingerprint density at radius 3 is 2.63 bits per heavy atom. The third-order valence-corrected chi connectivity index (χ3v) is 6.59. The van der Waals surface area contributed by atoms with Crippen LogP contribution in [0.15, 0.2) is 16.3 Å². The number of thiophene rings is 1. The molecule has 0 saturated carbocycles. The number of halogens is 1. The number of sulfonamides is 1. The summed E-state index contributed by atoms with van der Waals surface area (Å²) in [6.45, 7) is 1.17. The monoisotopic (exact) mass is 325 g/mol. The van der Waals surface area contributed by atoms with Crippen molar-refractivity contribution >= 4 is 33.0 Å². The Balaban J connectivity index is 1.97. The molecule has 0 bridgehead atoms. The van der Waals surface area contributed by atoms with Crippen LogP contribution in [-0.4, -0.2) is 50.2 Å². The first-order valence-electron chi connectivity index (χ1n) is 6.02. The average Bonchev–Trinajstić information content (AvgIpc) is 2.84. The predicted molar refractivity (Wildman–Crippen MR) is 74.1 cm³/mol. The fourth-order valence-corrected chi connectivity index (χ4v) is 5.13. The lowest BCUT2D eigenvalue weighted by atomic mass is 10.1. The fraction of sp³-hybridized carbons (Fsp3) is 0.636. The van der Waals surface area contributed by atoms with Crippen molar-refractivity contribution in [2.24, 2.45) is 0 Å². The first-order chi connectivity index (χ1) is 9.04. The number of aliphatic hydroxyl groups is 1. The molecule has 0 radical (unpaired) electrons. The van der Waals surface area contributed by atoms with E-state index in [4.69, 9.17) is 21.4 Å². The van der Waals surface area contributed by atoms with Gasteiger partial charge in [-0.2, -0.15) is 4.31 Å². The highest BCUT2D eigenvalue weighted by molar-refractivity contribution is 7.91. The summed E-state index contributed by atoms with van der Waals surface area (Å²) in [5, 5.41) is 8.69. The second-order valence-electron chi connectivity index (χ2n) is 4.26. The molecule has 8 heteroatoms. The van der Waals surface area contributed by atoms with Gasteiger partial charge < -0.3 is 9.84 Å². The van der Waals surface area contributed by atoms with Crippen molar-refractivity contribution in [2.75, 3.05) is 26.3 Å². The first kappa shape index (κ1) is 15.2. The Morgan fingerprint density at radius 1 is 1.42 bits per heavy atom. The summed E-state index contributed by atoms with van der Waals surface area (Å²) in [5.74, 6) is 0.